The van der Waals surface area contributed by atoms with Crippen LogP contribution in [-0.4, -0.2) is 25.5 Å². The molecule has 1 N–H and O–H groups in total. The number of ether oxygens (including phenoxy) is 1. The van der Waals surface area contributed by atoms with Crippen molar-refractivity contribution in [3.63, 3.8) is 0 Å². The van der Waals surface area contributed by atoms with Gasteiger partial charge in [-0.25, -0.2) is 0 Å². The van der Waals surface area contributed by atoms with Gasteiger partial charge in [0.1, 0.15) is 11.9 Å². The molecule has 0 saturated carbocycles. The van der Waals surface area contributed by atoms with Crippen molar-refractivity contribution in [1.82, 2.24) is 5.32 Å². The number of aryl methyl sites for hydroxylation is 1. The highest BCUT2D eigenvalue weighted by Crippen LogP contribution is 2.20. The molecule has 1 heterocycles. The van der Waals surface area contributed by atoms with Crippen LogP contribution >= 0.6 is 0 Å². The van der Waals surface area contributed by atoms with Crippen LogP contribution in [0.3, 0.4) is 0 Å². The summed E-state index contributed by atoms with van der Waals surface area (Å²) in [6, 6.07) is 8.47. The van der Waals surface area contributed by atoms with Crippen molar-refractivity contribution in [3.05, 3.63) is 35.4 Å². The van der Waals surface area contributed by atoms with Crippen molar-refractivity contribution in [2.24, 2.45) is 4.99 Å². The first-order valence-electron chi connectivity index (χ1n) is 6.27. The number of nitrogens with one attached hydrogen (secondary N) is 1. The molecule has 0 saturated heterocycles. The molecule has 1 aromatic carbocycles. The van der Waals surface area contributed by atoms with E-state index in [0.29, 0.717) is 6.61 Å². The fourth-order valence-electron chi connectivity index (χ4n) is 1.97. The molecule has 2 rings (SSSR count). The van der Waals surface area contributed by atoms with Gasteiger partial charge in [0.25, 0.3) is 0 Å². The minimum Gasteiger partial charge on any atom is -0.371 e. The number of rotatable bonds is 4. The molecule has 0 bridgehead atoms. The summed E-state index contributed by atoms with van der Waals surface area (Å²) in [6.45, 7) is 6.70. The molecular weight excluding hydrogens is 212 g/mol. The van der Waals surface area contributed by atoms with E-state index in [9.17, 15) is 0 Å². The van der Waals surface area contributed by atoms with Gasteiger partial charge in [-0.3, -0.25) is 4.99 Å². The Kier molecular flexibility index (Phi) is 4.15. The zero-order valence-electron chi connectivity index (χ0n) is 10.6. The van der Waals surface area contributed by atoms with Gasteiger partial charge < -0.3 is 10.1 Å². The molecule has 3 heteroatoms. The van der Waals surface area contributed by atoms with E-state index in [1.54, 1.807) is 0 Å². The van der Waals surface area contributed by atoms with Gasteiger partial charge in [0.05, 0.1) is 0 Å². The third kappa shape index (κ3) is 3.07. The molecule has 3 nitrogen and oxygen atoms in total. The normalized spacial score (nSPS) is 17.2. The van der Waals surface area contributed by atoms with Gasteiger partial charge >= 0.3 is 0 Å². The van der Waals surface area contributed by atoms with Crippen LogP contribution in [-0.2, 0) is 4.74 Å². The minimum atomic E-state index is -0.0408. The number of nitrogens with zero attached hydrogens (tertiary/aromatic N) is 1. The molecule has 1 aromatic rings. The van der Waals surface area contributed by atoms with Crippen molar-refractivity contribution < 1.29 is 4.74 Å². The van der Waals surface area contributed by atoms with Crippen LogP contribution in [0.15, 0.2) is 29.3 Å². The SMILES string of the molecule is CCO[C@@H](C1=NCCCN1)c1ccc(C)cc1. The van der Waals surface area contributed by atoms with Crippen LogP contribution in [0.2, 0.25) is 0 Å². The molecule has 1 atom stereocenters. The summed E-state index contributed by atoms with van der Waals surface area (Å²) in [4.78, 5) is 4.53. The fourth-order valence-corrected chi connectivity index (χ4v) is 1.97. The molecule has 0 radical (unpaired) electrons. The minimum absolute atomic E-state index is 0.0408. The summed E-state index contributed by atoms with van der Waals surface area (Å²) in [6.07, 6.45) is 1.07. The quantitative estimate of drug-likeness (QED) is 0.865. The number of benzene rings is 1. The summed E-state index contributed by atoms with van der Waals surface area (Å²) >= 11 is 0. The molecular formula is C14H20N2O. The Hall–Kier alpha value is -1.35. The highest BCUT2D eigenvalue weighted by atomic mass is 16.5. The third-order valence-electron chi connectivity index (χ3n) is 2.88. The van der Waals surface area contributed by atoms with E-state index in [0.717, 1.165) is 25.3 Å². The standard InChI is InChI=1S/C14H20N2O/c1-3-17-13(14-15-9-4-10-16-14)12-7-5-11(2)6-8-12/h5-8,13H,3-4,9-10H2,1-2H3,(H,15,16)/t13-/m1/s1. The molecule has 0 aliphatic carbocycles. The Bertz CT molecular complexity index is 384. The zero-order valence-corrected chi connectivity index (χ0v) is 10.6. The second kappa shape index (κ2) is 5.82. The predicted molar refractivity (Wildman–Crippen MR) is 70.5 cm³/mol. The first kappa shape index (κ1) is 12.1. The van der Waals surface area contributed by atoms with Crippen molar-refractivity contribution in [1.29, 1.82) is 0 Å². The number of hydrogen-bond acceptors (Lipinski definition) is 3. The van der Waals surface area contributed by atoms with Crippen LogP contribution in [0.25, 0.3) is 0 Å². The molecule has 0 aromatic heterocycles. The Morgan fingerprint density at radius 2 is 2.12 bits per heavy atom. The number of aliphatic imine (C=N–C) groups is 1. The van der Waals surface area contributed by atoms with Gasteiger partial charge in [-0.1, -0.05) is 29.8 Å². The zero-order chi connectivity index (χ0) is 12.1. The number of amidine groups is 1. The van der Waals surface area contributed by atoms with E-state index < -0.39 is 0 Å². The predicted octanol–water partition coefficient (Wildman–Crippen LogP) is 2.46. The second-order valence-electron chi connectivity index (χ2n) is 4.29. The lowest BCUT2D eigenvalue weighted by molar-refractivity contribution is 0.107. The average molecular weight is 232 g/mol. The maximum Gasteiger partial charge on any atom is 0.139 e. The molecule has 17 heavy (non-hydrogen) atoms. The van der Waals surface area contributed by atoms with E-state index in [1.165, 1.54) is 11.1 Å². The molecule has 0 fully saturated rings. The first-order valence-corrected chi connectivity index (χ1v) is 6.27. The monoisotopic (exact) mass is 232 g/mol. The Morgan fingerprint density at radius 1 is 1.35 bits per heavy atom. The second-order valence-corrected chi connectivity index (χ2v) is 4.29. The average Bonchev–Trinajstić information content (AvgIpc) is 2.38. The maximum absolute atomic E-state index is 5.81. The maximum atomic E-state index is 5.81. The molecule has 0 amide bonds. The Morgan fingerprint density at radius 3 is 2.71 bits per heavy atom. The van der Waals surface area contributed by atoms with Crippen LogP contribution in [0.4, 0.5) is 0 Å². The summed E-state index contributed by atoms with van der Waals surface area (Å²) in [5, 5.41) is 3.34. The van der Waals surface area contributed by atoms with Gasteiger partial charge in [-0.15, -0.1) is 0 Å². The highest BCUT2D eigenvalue weighted by molar-refractivity contribution is 5.88. The van der Waals surface area contributed by atoms with E-state index >= 15 is 0 Å². The molecule has 0 spiro atoms. The lowest BCUT2D eigenvalue weighted by atomic mass is 10.1. The fraction of sp³-hybridized carbons (Fsp3) is 0.500. The Labute approximate surface area is 103 Å². The van der Waals surface area contributed by atoms with Crippen LogP contribution in [0.1, 0.15) is 30.6 Å². The first-order chi connectivity index (χ1) is 8.31. The van der Waals surface area contributed by atoms with Crippen molar-refractivity contribution >= 4 is 5.84 Å². The van der Waals surface area contributed by atoms with E-state index in [2.05, 4.69) is 41.5 Å². The van der Waals surface area contributed by atoms with Crippen LogP contribution in [0.5, 0.6) is 0 Å². The van der Waals surface area contributed by atoms with Gasteiger partial charge in [-0.05, 0) is 25.8 Å². The lowest BCUT2D eigenvalue weighted by Gasteiger charge is -2.23. The smallest absolute Gasteiger partial charge is 0.139 e. The van der Waals surface area contributed by atoms with Gasteiger partial charge in [0, 0.05) is 19.7 Å². The molecule has 1 aliphatic heterocycles. The van der Waals surface area contributed by atoms with Crippen molar-refractivity contribution in [3.8, 4) is 0 Å². The van der Waals surface area contributed by atoms with Crippen molar-refractivity contribution in [2.75, 3.05) is 19.7 Å². The largest absolute Gasteiger partial charge is 0.371 e. The van der Waals surface area contributed by atoms with Crippen molar-refractivity contribution in [2.45, 2.75) is 26.4 Å². The molecule has 0 unspecified atom stereocenters. The number of hydrogen-bond donors (Lipinski definition) is 1. The van der Waals surface area contributed by atoms with E-state index in [-0.39, 0.29) is 6.10 Å². The summed E-state index contributed by atoms with van der Waals surface area (Å²) in [7, 11) is 0. The highest BCUT2D eigenvalue weighted by Gasteiger charge is 2.19. The summed E-state index contributed by atoms with van der Waals surface area (Å²) < 4.78 is 5.81. The topological polar surface area (TPSA) is 33.6 Å². The molecule has 1 aliphatic rings. The Balaban J connectivity index is 2.21. The summed E-state index contributed by atoms with van der Waals surface area (Å²) in [5.74, 6) is 0.974. The third-order valence-corrected chi connectivity index (χ3v) is 2.88. The van der Waals surface area contributed by atoms with Crippen LogP contribution in [0, 0.1) is 6.92 Å². The van der Waals surface area contributed by atoms with E-state index in [4.69, 9.17) is 4.74 Å². The lowest BCUT2D eigenvalue weighted by Crippen LogP contribution is -2.35. The van der Waals surface area contributed by atoms with Gasteiger partial charge in [-0.2, -0.15) is 0 Å². The van der Waals surface area contributed by atoms with Gasteiger partial charge in [0.15, 0.2) is 0 Å². The molecule has 92 valence electrons. The van der Waals surface area contributed by atoms with Gasteiger partial charge in [0.2, 0.25) is 0 Å². The summed E-state index contributed by atoms with van der Waals surface area (Å²) in [5.41, 5.74) is 2.44. The van der Waals surface area contributed by atoms with E-state index in [1.807, 2.05) is 6.92 Å². The van der Waals surface area contributed by atoms with Crippen LogP contribution < -0.4 is 5.32 Å².